The van der Waals surface area contributed by atoms with Gasteiger partial charge in [-0.15, -0.1) is 0 Å². The molecule has 5 heteroatoms. The Balaban J connectivity index is 2.36. The van der Waals surface area contributed by atoms with E-state index in [4.69, 9.17) is 11.6 Å². The number of nitrogens with one attached hydrogen (secondary N) is 1. The first-order valence-electron chi connectivity index (χ1n) is 5.81. The molecule has 0 spiro atoms. The molecular formula is C13H13BrClNO2. The van der Waals surface area contributed by atoms with Crippen LogP contribution in [0, 0.1) is 5.92 Å². The molecule has 1 aliphatic rings. The Kier molecular flexibility index (Phi) is 4.07. The van der Waals surface area contributed by atoms with Crippen LogP contribution in [0.5, 0.6) is 0 Å². The molecule has 1 heterocycles. The molecular weight excluding hydrogens is 318 g/mol. The number of rotatable bonds is 2. The van der Waals surface area contributed by atoms with Crippen molar-refractivity contribution in [2.24, 2.45) is 5.92 Å². The smallest absolute Gasteiger partial charge is 0.230 e. The minimum absolute atomic E-state index is 0.0650. The van der Waals surface area contributed by atoms with Crippen molar-refractivity contribution in [3.05, 3.63) is 33.3 Å². The van der Waals surface area contributed by atoms with Crippen LogP contribution in [-0.4, -0.2) is 11.8 Å². The molecule has 2 rings (SSSR count). The van der Waals surface area contributed by atoms with Crippen LogP contribution < -0.4 is 5.32 Å². The Morgan fingerprint density at radius 2 is 2.17 bits per heavy atom. The van der Waals surface area contributed by atoms with E-state index in [2.05, 4.69) is 21.2 Å². The maximum Gasteiger partial charge on any atom is 0.230 e. The molecule has 1 aliphatic heterocycles. The van der Waals surface area contributed by atoms with Gasteiger partial charge in [0, 0.05) is 22.7 Å². The average Bonchev–Trinajstić information content (AvgIpc) is 2.32. The van der Waals surface area contributed by atoms with Crippen molar-refractivity contribution in [1.82, 2.24) is 5.32 Å². The van der Waals surface area contributed by atoms with Gasteiger partial charge in [-0.25, -0.2) is 0 Å². The quantitative estimate of drug-likeness (QED) is 0.846. The summed E-state index contributed by atoms with van der Waals surface area (Å²) >= 11 is 9.32. The van der Waals surface area contributed by atoms with E-state index in [1.54, 1.807) is 6.07 Å². The third-order valence-corrected chi connectivity index (χ3v) is 4.52. The highest BCUT2D eigenvalue weighted by Crippen LogP contribution is 2.36. The van der Waals surface area contributed by atoms with Gasteiger partial charge in [0.1, 0.15) is 0 Å². The van der Waals surface area contributed by atoms with Crippen molar-refractivity contribution in [3.8, 4) is 0 Å². The number of hydrogen-bond donors (Lipinski definition) is 1. The Labute approximate surface area is 119 Å². The van der Waals surface area contributed by atoms with E-state index in [1.807, 2.05) is 19.1 Å². The molecule has 2 atom stereocenters. The van der Waals surface area contributed by atoms with Gasteiger partial charge >= 0.3 is 0 Å². The van der Waals surface area contributed by atoms with Gasteiger partial charge in [-0.05, 0) is 40.0 Å². The van der Waals surface area contributed by atoms with Crippen LogP contribution in [-0.2, 0) is 9.59 Å². The van der Waals surface area contributed by atoms with E-state index < -0.39 is 0 Å². The lowest BCUT2D eigenvalue weighted by atomic mass is 9.79. The number of imide groups is 1. The number of piperidine rings is 1. The number of hydrogen-bond acceptors (Lipinski definition) is 2. The number of amides is 2. The summed E-state index contributed by atoms with van der Waals surface area (Å²) in [5.74, 6) is -0.605. The fourth-order valence-corrected chi connectivity index (χ4v) is 2.88. The van der Waals surface area contributed by atoms with Crippen molar-refractivity contribution in [1.29, 1.82) is 0 Å². The molecule has 0 aliphatic carbocycles. The van der Waals surface area contributed by atoms with Crippen molar-refractivity contribution in [3.63, 3.8) is 0 Å². The summed E-state index contributed by atoms with van der Waals surface area (Å²) in [5, 5.41) is 3.01. The minimum Gasteiger partial charge on any atom is -0.296 e. The predicted molar refractivity (Wildman–Crippen MR) is 73.4 cm³/mol. The number of carbonyl (C=O) groups excluding carboxylic acids is 2. The average molecular weight is 331 g/mol. The topological polar surface area (TPSA) is 46.2 Å². The zero-order chi connectivity index (χ0) is 13.3. The van der Waals surface area contributed by atoms with Gasteiger partial charge in [-0.3, -0.25) is 14.9 Å². The largest absolute Gasteiger partial charge is 0.296 e. The zero-order valence-corrected chi connectivity index (χ0v) is 12.2. The van der Waals surface area contributed by atoms with Crippen molar-refractivity contribution in [2.45, 2.75) is 25.7 Å². The van der Waals surface area contributed by atoms with Crippen molar-refractivity contribution < 1.29 is 9.59 Å². The summed E-state index contributed by atoms with van der Waals surface area (Å²) in [7, 11) is 0. The van der Waals surface area contributed by atoms with Crippen LogP contribution in [0.25, 0.3) is 0 Å². The van der Waals surface area contributed by atoms with E-state index in [0.29, 0.717) is 17.9 Å². The number of benzene rings is 1. The standard InChI is InChI=1S/C13H13BrClNO2/c1-2-8-9(6-12(17)16-13(8)18)7-3-4-11(15)10(14)5-7/h3-5,8-9H,2,6H2,1H3,(H,16,17,18). The van der Waals surface area contributed by atoms with Crippen LogP contribution in [0.2, 0.25) is 5.02 Å². The van der Waals surface area contributed by atoms with Gasteiger partial charge in [0.25, 0.3) is 0 Å². The maximum atomic E-state index is 11.8. The second-order valence-corrected chi connectivity index (χ2v) is 5.67. The van der Waals surface area contributed by atoms with E-state index in [0.717, 1.165) is 10.0 Å². The summed E-state index contributed by atoms with van der Waals surface area (Å²) in [4.78, 5) is 23.3. The number of halogens is 2. The lowest BCUT2D eigenvalue weighted by Gasteiger charge is -2.29. The molecule has 18 heavy (non-hydrogen) atoms. The summed E-state index contributed by atoms with van der Waals surface area (Å²) in [5.41, 5.74) is 0.973. The molecule has 0 saturated carbocycles. The van der Waals surface area contributed by atoms with Gasteiger partial charge in [-0.2, -0.15) is 0 Å². The van der Waals surface area contributed by atoms with Gasteiger partial charge < -0.3 is 0 Å². The molecule has 0 bridgehead atoms. The lowest BCUT2D eigenvalue weighted by molar-refractivity contribution is -0.137. The molecule has 96 valence electrons. The van der Waals surface area contributed by atoms with E-state index in [1.165, 1.54) is 0 Å². The fraction of sp³-hybridized carbons (Fsp3) is 0.385. The maximum absolute atomic E-state index is 11.8. The van der Waals surface area contributed by atoms with Gasteiger partial charge in [0.05, 0.1) is 5.02 Å². The third-order valence-electron chi connectivity index (χ3n) is 3.30. The molecule has 1 fully saturated rings. The summed E-state index contributed by atoms with van der Waals surface area (Å²) in [6.07, 6.45) is 1.06. The second-order valence-electron chi connectivity index (χ2n) is 4.41. The zero-order valence-electron chi connectivity index (χ0n) is 9.87. The highest BCUT2D eigenvalue weighted by molar-refractivity contribution is 9.10. The number of carbonyl (C=O) groups is 2. The lowest BCUT2D eigenvalue weighted by Crippen LogP contribution is -2.44. The van der Waals surface area contributed by atoms with Crippen LogP contribution >= 0.6 is 27.5 Å². The third kappa shape index (κ3) is 2.59. The fourth-order valence-electron chi connectivity index (χ4n) is 2.37. The van der Waals surface area contributed by atoms with Crippen molar-refractivity contribution >= 4 is 39.3 Å². The van der Waals surface area contributed by atoms with E-state index in [9.17, 15) is 9.59 Å². The molecule has 1 aromatic rings. The van der Waals surface area contributed by atoms with Gasteiger partial charge in [0.2, 0.25) is 11.8 Å². The minimum atomic E-state index is -0.208. The molecule has 2 unspecified atom stereocenters. The Morgan fingerprint density at radius 1 is 1.44 bits per heavy atom. The first-order valence-corrected chi connectivity index (χ1v) is 6.98. The van der Waals surface area contributed by atoms with Crippen LogP contribution in [0.3, 0.4) is 0 Å². The van der Waals surface area contributed by atoms with Crippen LogP contribution in [0.4, 0.5) is 0 Å². The summed E-state index contributed by atoms with van der Waals surface area (Å²) < 4.78 is 0.787. The van der Waals surface area contributed by atoms with Gasteiger partial charge in [0.15, 0.2) is 0 Å². The van der Waals surface area contributed by atoms with Crippen LogP contribution in [0.1, 0.15) is 31.2 Å². The molecule has 0 aromatic heterocycles. The van der Waals surface area contributed by atoms with E-state index in [-0.39, 0.29) is 23.7 Å². The highest BCUT2D eigenvalue weighted by atomic mass is 79.9. The first-order chi connectivity index (χ1) is 8.52. The normalized spacial score (nSPS) is 23.9. The molecule has 3 nitrogen and oxygen atoms in total. The molecule has 1 aromatic carbocycles. The molecule has 0 radical (unpaired) electrons. The summed E-state index contributed by atoms with van der Waals surface area (Å²) in [6.45, 7) is 1.96. The van der Waals surface area contributed by atoms with E-state index >= 15 is 0 Å². The SMILES string of the molecule is CCC1C(=O)NC(=O)CC1c1ccc(Cl)c(Br)c1. The molecule has 2 amide bonds. The summed E-state index contributed by atoms with van der Waals surface area (Å²) in [6, 6.07) is 5.55. The van der Waals surface area contributed by atoms with Crippen LogP contribution in [0.15, 0.2) is 22.7 Å². The van der Waals surface area contributed by atoms with Crippen molar-refractivity contribution in [2.75, 3.05) is 0 Å². The Morgan fingerprint density at radius 3 is 2.78 bits per heavy atom. The first kappa shape index (κ1) is 13.6. The highest BCUT2D eigenvalue weighted by Gasteiger charge is 2.35. The Hall–Kier alpha value is -0.870. The predicted octanol–water partition coefficient (Wildman–Crippen LogP) is 3.26. The second kappa shape index (κ2) is 5.41. The molecule has 1 saturated heterocycles. The Bertz CT molecular complexity index is 504. The molecule has 1 N–H and O–H groups in total. The monoisotopic (exact) mass is 329 g/mol. The van der Waals surface area contributed by atoms with Gasteiger partial charge in [-0.1, -0.05) is 24.6 Å².